The third-order valence-corrected chi connectivity index (χ3v) is 5.57. The van der Waals surface area contributed by atoms with E-state index in [1.807, 2.05) is 79.7 Å². The van der Waals surface area contributed by atoms with E-state index in [4.69, 9.17) is 9.47 Å². The second kappa shape index (κ2) is 8.59. The number of nitrogens with zero attached hydrogens (tertiary/aromatic N) is 1. The number of aryl methyl sites for hydroxylation is 1. The van der Waals surface area contributed by atoms with E-state index in [2.05, 4.69) is 15.5 Å². The molecule has 1 aromatic heterocycles. The van der Waals surface area contributed by atoms with Gasteiger partial charge in [0.15, 0.2) is 11.5 Å². The van der Waals surface area contributed by atoms with Crippen molar-refractivity contribution < 1.29 is 14.3 Å². The van der Waals surface area contributed by atoms with Gasteiger partial charge in [0.1, 0.15) is 13.2 Å². The van der Waals surface area contributed by atoms with E-state index in [-0.39, 0.29) is 5.91 Å². The van der Waals surface area contributed by atoms with E-state index in [1.54, 1.807) is 0 Å². The van der Waals surface area contributed by atoms with Gasteiger partial charge in [0.2, 0.25) is 0 Å². The number of carbonyl (C=O) groups excluding carboxylic acids is 1. The maximum absolute atomic E-state index is 12.5. The van der Waals surface area contributed by atoms with Crippen molar-refractivity contribution in [3.8, 4) is 34.0 Å². The summed E-state index contributed by atoms with van der Waals surface area (Å²) < 4.78 is 11.2. The van der Waals surface area contributed by atoms with Crippen molar-refractivity contribution in [1.82, 2.24) is 15.5 Å². The lowest BCUT2D eigenvalue weighted by Gasteiger charge is -2.18. The number of ether oxygens (including phenoxy) is 2. The molecule has 0 aliphatic carbocycles. The Labute approximate surface area is 186 Å². The minimum Gasteiger partial charge on any atom is -0.486 e. The molecule has 1 amide bonds. The Bertz CT molecular complexity index is 1260. The lowest BCUT2D eigenvalue weighted by atomic mass is 10.1. The molecule has 0 atom stereocenters. The second-order valence-corrected chi connectivity index (χ2v) is 7.71. The van der Waals surface area contributed by atoms with Crippen molar-refractivity contribution in [1.29, 1.82) is 0 Å². The molecular formula is C26H23N3O3. The summed E-state index contributed by atoms with van der Waals surface area (Å²) in [6.45, 7) is 3.67. The lowest BCUT2D eigenvalue weighted by Crippen LogP contribution is -2.23. The predicted molar refractivity (Wildman–Crippen MR) is 123 cm³/mol. The smallest absolute Gasteiger partial charge is 0.251 e. The molecule has 0 spiro atoms. The molecule has 0 fully saturated rings. The van der Waals surface area contributed by atoms with Crippen LogP contribution in [-0.4, -0.2) is 29.3 Å². The first-order valence-electron chi connectivity index (χ1n) is 10.6. The van der Waals surface area contributed by atoms with Crippen LogP contribution in [0, 0.1) is 6.92 Å². The zero-order valence-corrected chi connectivity index (χ0v) is 17.7. The predicted octanol–water partition coefficient (Wildman–Crippen LogP) is 4.75. The van der Waals surface area contributed by atoms with Gasteiger partial charge >= 0.3 is 0 Å². The van der Waals surface area contributed by atoms with Crippen LogP contribution in [0.1, 0.15) is 21.5 Å². The molecule has 5 rings (SSSR count). The summed E-state index contributed by atoms with van der Waals surface area (Å²) >= 11 is 0. The molecule has 4 aromatic rings. The number of amides is 1. The average Bonchev–Trinajstić information content (AvgIpc) is 3.33. The molecule has 1 aliphatic rings. The molecule has 3 aromatic carbocycles. The Morgan fingerprint density at radius 2 is 1.69 bits per heavy atom. The molecule has 0 saturated heterocycles. The number of carbonyl (C=O) groups is 1. The number of hydrogen-bond acceptors (Lipinski definition) is 4. The Balaban J connectivity index is 1.28. The van der Waals surface area contributed by atoms with E-state index < -0.39 is 0 Å². The quantitative estimate of drug-likeness (QED) is 0.484. The molecule has 2 N–H and O–H groups in total. The average molecular weight is 425 g/mol. The van der Waals surface area contributed by atoms with E-state index in [9.17, 15) is 4.79 Å². The number of rotatable bonds is 5. The summed E-state index contributed by atoms with van der Waals surface area (Å²) in [7, 11) is 0. The van der Waals surface area contributed by atoms with Crippen molar-refractivity contribution in [3.63, 3.8) is 0 Å². The molecule has 32 heavy (non-hydrogen) atoms. The standard InChI is InChI=1S/C26H23N3O3/c1-17-4-2-3-5-21(17)16-27-26(30)19-8-6-18(7-9-19)22-15-23(29-28-22)20-10-11-24-25(14-20)32-13-12-31-24/h2-11,14-15H,12-13,16H2,1H3,(H,27,30)(H,28,29). The van der Waals surface area contributed by atoms with Gasteiger partial charge in [0, 0.05) is 17.7 Å². The van der Waals surface area contributed by atoms with E-state index >= 15 is 0 Å². The normalized spacial score (nSPS) is 12.4. The summed E-state index contributed by atoms with van der Waals surface area (Å²) in [4.78, 5) is 12.5. The van der Waals surface area contributed by atoms with Crippen LogP contribution in [0.15, 0.2) is 72.8 Å². The minimum atomic E-state index is -0.0959. The van der Waals surface area contributed by atoms with Crippen LogP contribution in [0.2, 0.25) is 0 Å². The number of aromatic amines is 1. The fourth-order valence-corrected chi connectivity index (χ4v) is 3.71. The second-order valence-electron chi connectivity index (χ2n) is 7.71. The third kappa shape index (κ3) is 4.07. The number of nitrogens with one attached hydrogen (secondary N) is 2. The Morgan fingerprint density at radius 1 is 0.938 bits per heavy atom. The van der Waals surface area contributed by atoms with Gasteiger partial charge in [-0.2, -0.15) is 5.10 Å². The zero-order valence-electron chi connectivity index (χ0n) is 17.7. The van der Waals surface area contributed by atoms with Gasteiger partial charge in [0.05, 0.1) is 11.4 Å². The molecular weight excluding hydrogens is 402 g/mol. The third-order valence-electron chi connectivity index (χ3n) is 5.57. The molecule has 1 aliphatic heterocycles. The maximum atomic E-state index is 12.5. The Morgan fingerprint density at radius 3 is 2.50 bits per heavy atom. The van der Waals surface area contributed by atoms with Crippen molar-refractivity contribution in [2.45, 2.75) is 13.5 Å². The Kier molecular flexibility index (Phi) is 5.34. The van der Waals surface area contributed by atoms with E-state index in [0.717, 1.165) is 45.1 Å². The van der Waals surface area contributed by atoms with Crippen LogP contribution in [0.5, 0.6) is 11.5 Å². The monoisotopic (exact) mass is 425 g/mol. The van der Waals surface area contributed by atoms with Crippen LogP contribution in [0.3, 0.4) is 0 Å². The number of hydrogen-bond donors (Lipinski definition) is 2. The van der Waals surface area contributed by atoms with Crippen molar-refractivity contribution >= 4 is 5.91 Å². The molecule has 0 saturated carbocycles. The summed E-state index contributed by atoms with van der Waals surface area (Å²) in [5.74, 6) is 1.40. The van der Waals surface area contributed by atoms with Crippen LogP contribution >= 0.6 is 0 Å². The highest BCUT2D eigenvalue weighted by molar-refractivity contribution is 5.94. The first-order valence-corrected chi connectivity index (χ1v) is 10.6. The summed E-state index contributed by atoms with van der Waals surface area (Å²) in [5, 5.41) is 10.5. The van der Waals surface area contributed by atoms with Gasteiger partial charge in [-0.1, -0.05) is 36.4 Å². The van der Waals surface area contributed by atoms with E-state index in [1.165, 1.54) is 0 Å². The van der Waals surface area contributed by atoms with Crippen LogP contribution < -0.4 is 14.8 Å². The molecule has 0 unspecified atom stereocenters. The molecule has 0 bridgehead atoms. The SMILES string of the molecule is Cc1ccccc1CNC(=O)c1ccc(-c2cc(-c3ccc4c(c3)OCCO4)n[nH]2)cc1. The molecule has 2 heterocycles. The summed E-state index contributed by atoms with van der Waals surface area (Å²) in [5.41, 5.74) is 6.49. The van der Waals surface area contributed by atoms with Gasteiger partial charge in [-0.05, 0) is 60.0 Å². The van der Waals surface area contributed by atoms with Gasteiger partial charge < -0.3 is 14.8 Å². The highest BCUT2D eigenvalue weighted by Crippen LogP contribution is 2.34. The van der Waals surface area contributed by atoms with Crippen LogP contribution in [0.4, 0.5) is 0 Å². The number of H-pyrrole nitrogens is 1. The summed E-state index contributed by atoms with van der Waals surface area (Å²) in [6, 6.07) is 23.3. The first kappa shape index (κ1) is 19.9. The van der Waals surface area contributed by atoms with E-state index in [0.29, 0.717) is 25.3 Å². The Hall–Kier alpha value is -4.06. The molecule has 160 valence electrons. The molecule has 6 nitrogen and oxygen atoms in total. The highest BCUT2D eigenvalue weighted by atomic mass is 16.6. The summed E-state index contributed by atoms with van der Waals surface area (Å²) in [6.07, 6.45) is 0. The molecule has 6 heteroatoms. The lowest BCUT2D eigenvalue weighted by molar-refractivity contribution is 0.0951. The van der Waals surface area contributed by atoms with Gasteiger partial charge in [-0.15, -0.1) is 0 Å². The van der Waals surface area contributed by atoms with Crippen LogP contribution in [-0.2, 0) is 6.54 Å². The zero-order chi connectivity index (χ0) is 21.9. The van der Waals surface area contributed by atoms with Crippen molar-refractivity contribution in [3.05, 3.63) is 89.5 Å². The fraction of sp³-hybridized carbons (Fsp3) is 0.154. The number of aromatic nitrogens is 2. The molecule has 0 radical (unpaired) electrons. The van der Waals surface area contributed by atoms with Gasteiger partial charge in [0.25, 0.3) is 5.91 Å². The number of benzene rings is 3. The number of fused-ring (bicyclic) bond motifs is 1. The maximum Gasteiger partial charge on any atom is 0.251 e. The van der Waals surface area contributed by atoms with Crippen molar-refractivity contribution in [2.75, 3.05) is 13.2 Å². The van der Waals surface area contributed by atoms with Crippen LogP contribution in [0.25, 0.3) is 22.5 Å². The fourth-order valence-electron chi connectivity index (χ4n) is 3.71. The minimum absolute atomic E-state index is 0.0959. The largest absolute Gasteiger partial charge is 0.486 e. The highest BCUT2D eigenvalue weighted by Gasteiger charge is 2.14. The van der Waals surface area contributed by atoms with Crippen molar-refractivity contribution in [2.24, 2.45) is 0 Å². The van der Waals surface area contributed by atoms with Gasteiger partial charge in [-0.25, -0.2) is 0 Å². The topological polar surface area (TPSA) is 76.2 Å². The first-order chi connectivity index (χ1) is 15.7. The van der Waals surface area contributed by atoms with Gasteiger partial charge in [-0.3, -0.25) is 9.89 Å².